The highest BCUT2D eigenvalue weighted by Crippen LogP contribution is 2.31. The molecule has 0 saturated carbocycles. The molecular formula is C80H70. The molecule has 0 aromatic heterocycles. The van der Waals surface area contributed by atoms with Gasteiger partial charge in [-0.2, -0.15) is 0 Å². The SMILES string of the molecule is Cc1ccc2cc3c(C)cccc3cc2c1.Cc1ccc2cc3c(C)cccc3cc2c1.Cc1ccc2cc3cccc(C)c3cc2c1.Cc1ccc2cc3cccc(C)c3cc2c1.Cc1cccc2cc3cccc(C)c3cc12. The Bertz CT molecular complexity index is 4480. The average molecular weight is 1030 g/mol. The molecule has 0 heteroatoms. The van der Waals surface area contributed by atoms with E-state index in [1.165, 1.54) is 163 Å². The standard InChI is InChI=1S/5C16H14/c1-11-5-3-7-13-9-14-8-4-6-12(2)16(14)10-15(11)13;2*1-11-6-7-13-10-16-12(2)4-3-5-14(16)9-15(13)8-11;2*1-11-6-7-13-9-14-5-3-4-12(2)16(14)10-15(13)8-11/h5*3-10H,1-2H3. The van der Waals surface area contributed by atoms with Crippen LogP contribution in [0, 0.1) is 69.2 Å². The summed E-state index contributed by atoms with van der Waals surface area (Å²) in [6, 6.07) is 88.3. The van der Waals surface area contributed by atoms with Crippen molar-refractivity contribution in [1.29, 1.82) is 0 Å². The average Bonchev–Trinajstić information content (AvgIpc) is 3.52. The summed E-state index contributed by atoms with van der Waals surface area (Å²) in [4.78, 5) is 0. The zero-order valence-corrected chi connectivity index (χ0v) is 48.1. The van der Waals surface area contributed by atoms with Gasteiger partial charge in [-0.1, -0.05) is 204 Å². The lowest BCUT2D eigenvalue weighted by atomic mass is 9.98. The number of aryl methyl sites for hydroxylation is 10. The van der Waals surface area contributed by atoms with E-state index in [1.54, 1.807) is 0 Å². The fourth-order valence-corrected chi connectivity index (χ4v) is 11.6. The lowest BCUT2D eigenvalue weighted by molar-refractivity contribution is 1.50. The van der Waals surface area contributed by atoms with Crippen LogP contribution in [0.3, 0.4) is 0 Å². The molecule has 0 atom stereocenters. The van der Waals surface area contributed by atoms with Crippen LogP contribution in [0.4, 0.5) is 0 Å². The molecule has 15 aromatic carbocycles. The summed E-state index contributed by atoms with van der Waals surface area (Å²) in [6.07, 6.45) is 0. The Morgan fingerprint density at radius 3 is 0.588 bits per heavy atom. The van der Waals surface area contributed by atoms with Crippen LogP contribution in [-0.2, 0) is 0 Å². The molecule has 0 spiro atoms. The summed E-state index contributed by atoms with van der Waals surface area (Å²) in [5, 5.41) is 26.8. The van der Waals surface area contributed by atoms with Crippen molar-refractivity contribution in [3.8, 4) is 0 Å². The van der Waals surface area contributed by atoms with E-state index >= 15 is 0 Å². The number of hydrogen-bond acceptors (Lipinski definition) is 0. The Morgan fingerprint density at radius 2 is 0.325 bits per heavy atom. The summed E-state index contributed by atoms with van der Waals surface area (Å²) >= 11 is 0. The largest absolute Gasteiger partial charge is 0.0614 e. The Balaban J connectivity index is 0.000000105. The van der Waals surface area contributed by atoms with E-state index in [0.717, 1.165) is 0 Å². The smallest absolute Gasteiger partial charge is 0.0148 e. The fraction of sp³-hybridized carbons (Fsp3) is 0.125. The minimum absolute atomic E-state index is 1.32. The number of benzene rings is 15. The highest BCUT2D eigenvalue weighted by Gasteiger charge is 2.06. The summed E-state index contributed by atoms with van der Waals surface area (Å²) in [5.74, 6) is 0. The monoisotopic (exact) mass is 1030 g/mol. The van der Waals surface area contributed by atoms with Gasteiger partial charge in [-0.25, -0.2) is 0 Å². The number of hydrogen-bond donors (Lipinski definition) is 0. The van der Waals surface area contributed by atoms with Crippen molar-refractivity contribution < 1.29 is 0 Å². The normalized spacial score (nSPS) is 11.1. The molecule has 0 aliphatic carbocycles. The van der Waals surface area contributed by atoms with Gasteiger partial charge in [0.1, 0.15) is 0 Å². The zero-order valence-electron chi connectivity index (χ0n) is 48.1. The Labute approximate surface area is 472 Å². The van der Waals surface area contributed by atoms with Gasteiger partial charge in [0.05, 0.1) is 0 Å². The van der Waals surface area contributed by atoms with Gasteiger partial charge in [0, 0.05) is 0 Å². The van der Waals surface area contributed by atoms with Crippen molar-refractivity contribution in [2.24, 2.45) is 0 Å². The number of fused-ring (bicyclic) bond motifs is 10. The second-order valence-corrected chi connectivity index (χ2v) is 22.4. The van der Waals surface area contributed by atoms with Crippen LogP contribution < -0.4 is 0 Å². The Kier molecular flexibility index (Phi) is 15.0. The van der Waals surface area contributed by atoms with E-state index in [2.05, 4.69) is 312 Å². The van der Waals surface area contributed by atoms with Crippen molar-refractivity contribution >= 4 is 108 Å². The minimum Gasteiger partial charge on any atom is -0.0614 e. The quantitative estimate of drug-likeness (QED) is 0.133. The van der Waals surface area contributed by atoms with E-state index in [1.807, 2.05) is 0 Å². The van der Waals surface area contributed by atoms with Crippen molar-refractivity contribution in [2.45, 2.75) is 69.2 Å². The highest BCUT2D eigenvalue weighted by atomic mass is 14.1. The van der Waals surface area contributed by atoms with Crippen molar-refractivity contribution in [3.05, 3.63) is 298 Å². The molecule has 15 aromatic rings. The molecule has 0 fully saturated rings. The first-order chi connectivity index (χ1) is 38.7. The van der Waals surface area contributed by atoms with Gasteiger partial charge in [-0.15, -0.1) is 0 Å². The van der Waals surface area contributed by atoms with Gasteiger partial charge >= 0.3 is 0 Å². The third-order valence-corrected chi connectivity index (χ3v) is 16.2. The molecule has 0 radical (unpaired) electrons. The van der Waals surface area contributed by atoms with E-state index < -0.39 is 0 Å². The predicted octanol–water partition coefficient (Wildman–Crippen LogP) is 23.0. The molecule has 0 amide bonds. The first-order valence-corrected chi connectivity index (χ1v) is 28.2. The van der Waals surface area contributed by atoms with Gasteiger partial charge in [-0.3, -0.25) is 0 Å². The maximum absolute atomic E-state index is 2.31. The molecule has 0 saturated heterocycles. The van der Waals surface area contributed by atoms with Crippen LogP contribution >= 0.6 is 0 Å². The van der Waals surface area contributed by atoms with E-state index in [9.17, 15) is 0 Å². The third-order valence-electron chi connectivity index (χ3n) is 16.2. The summed E-state index contributed by atoms with van der Waals surface area (Å²) in [6.45, 7) is 21.6. The van der Waals surface area contributed by atoms with Crippen LogP contribution in [0.1, 0.15) is 55.6 Å². The molecule has 0 heterocycles. The van der Waals surface area contributed by atoms with Crippen LogP contribution in [0.15, 0.2) is 243 Å². The molecule has 0 unspecified atom stereocenters. The van der Waals surface area contributed by atoms with Crippen LogP contribution in [0.25, 0.3) is 108 Å². The lowest BCUT2D eigenvalue weighted by Crippen LogP contribution is -1.82. The maximum atomic E-state index is 2.31. The van der Waals surface area contributed by atoms with Crippen molar-refractivity contribution in [1.82, 2.24) is 0 Å². The third kappa shape index (κ3) is 11.4. The van der Waals surface area contributed by atoms with Crippen molar-refractivity contribution in [2.75, 3.05) is 0 Å². The molecule has 0 nitrogen and oxygen atoms in total. The van der Waals surface area contributed by atoms with Crippen molar-refractivity contribution in [3.63, 3.8) is 0 Å². The molecule has 80 heavy (non-hydrogen) atoms. The van der Waals surface area contributed by atoms with Gasteiger partial charge in [-0.05, 0) is 271 Å². The fourth-order valence-electron chi connectivity index (χ4n) is 11.6. The highest BCUT2D eigenvalue weighted by molar-refractivity contribution is 6.04. The topological polar surface area (TPSA) is 0 Å². The molecule has 0 bridgehead atoms. The zero-order chi connectivity index (χ0) is 55.6. The summed E-state index contributed by atoms with van der Waals surface area (Å²) in [7, 11) is 0. The molecule has 0 N–H and O–H groups in total. The molecule has 0 aliphatic rings. The second kappa shape index (κ2) is 22.7. The lowest BCUT2D eigenvalue weighted by Gasteiger charge is -2.06. The van der Waals surface area contributed by atoms with Gasteiger partial charge in [0.15, 0.2) is 0 Å². The van der Waals surface area contributed by atoms with E-state index in [0.29, 0.717) is 0 Å². The van der Waals surface area contributed by atoms with Gasteiger partial charge in [0.2, 0.25) is 0 Å². The summed E-state index contributed by atoms with van der Waals surface area (Å²) < 4.78 is 0. The predicted molar refractivity (Wildman–Crippen MR) is 355 cm³/mol. The Hall–Kier alpha value is -9.10. The minimum atomic E-state index is 1.32. The van der Waals surface area contributed by atoms with Crippen LogP contribution in [0.5, 0.6) is 0 Å². The number of rotatable bonds is 0. The molecular weight excluding hydrogens is 961 g/mol. The molecule has 15 rings (SSSR count). The van der Waals surface area contributed by atoms with Gasteiger partial charge < -0.3 is 0 Å². The molecule has 390 valence electrons. The van der Waals surface area contributed by atoms with Crippen LogP contribution in [0.2, 0.25) is 0 Å². The maximum Gasteiger partial charge on any atom is -0.0148 e. The first kappa shape index (κ1) is 52.9. The van der Waals surface area contributed by atoms with Gasteiger partial charge in [0.25, 0.3) is 0 Å². The first-order valence-electron chi connectivity index (χ1n) is 28.2. The van der Waals surface area contributed by atoms with Crippen LogP contribution in [-0.4, -0.2) is 0 Å². The summed E-state index contributed by atoms with van der Waals surface area (Å²) in [5.41, 5.74) is 13.4. The van der Waals surface area contributed by atoms with E-state index in [4.69, 9.17) is 0 Å². The second-order valence-electron chi connectivity index (χ2n) is 22.4. The van der Waals surface area contributed by atoms with E-state index in [-0.39, 0.29) is 0 Å². The Morgan fingerprint density at radius 1 is 0.138 bits per heavy atom. The molecule has 0 aliphatic heterocycles.